The molecule has 6 nitrogen and oxygen atoms in total. The predicted octanol–water partition coefficient (Wildman–Crippen LogP) is 3.14. The molecule has 1 rings (SSSR count). The largest absolute Gasteiger partial charge is 0.478 e. The lowest BCUT2D eigenvalue weighted by Gasteiger charge is -2.15. The van der Waals surface area contributed by atoms with Gasteiger partial charge in [0.15, 0.2) is 0 Å². The third-order valence-corrected chi connectivity index (χ3v) is 3.38. The SMILES string of the molecule is C=C(C)C(=O)O.C=C(C)C(=O)O.OC1CCCCC(O)CCCC1. The number of hydrogen-bond donors (Lipinski definition) is 4. The molecule has 1 saturated carbocycles. The van der Waals surface area contributed by atoms with E-state index >= 15 is 0 Å². The first-order valence-electron chi connectivity index (χ1n) is 8.21. The van der Waals surface area contributed by atoms with Gasteiger partial charge in [-0.25, -0.2) is 9.59 Å². The highest BCUT2D eigenvalue weighted by molar-refractivity contribution is 5.85. The van der Waals surface area contributed by atoms with Gasteiger partial charge in [0.1, 0.15) is 0 Å². The molecular weight excluding hydrogens is 312 g/mol. The first-order valence-corrected chi connectivity index (χ1v) is 8.21. The quantitative estimate of drug-likeness (QED) is 0.572. The fraction of sp³-hybridized carbons (Fsp3) is 0.667. The van der Waals surface area contributed by atoms with Crippen LogP contribution in [-0.4, -0.2) is 44.6 Å². The maximum absolute atomic E-state index is 9.60. The Hall–Kier alpha value is -1.66. The highest BCUT2D eigenvalue weighted by Gasteiger charge is 2.09. The van der Waals surface area contributed by atoms with Gasteiger partial charge in [-0.05, 0) is 39.5 Å². The van der Waals surface area contributed by atoms with E-state index in [4.69, 9.17) is 10.2 Å². The molecule has 1 fully saturated rings. The fourth-order valence-corrected chi connectivity index (χ4v) is 1.81. The van der Waals surface area contributed by atoms with Crippen LogP contribution >= 0.6 is 0 Å². The van der Waals surface area contributed by atoms with E-state index in [9.17, 15) is 19.8 Å². The van der Waals surface area contributed by atoms with Crippen LogP contribution in [0, 0.1) is 0 Å². The molecule has 4 N–H and O–H groups in total. The molecule has 0 amide bonds. The zero-order valence-electron chi connectivity index (χ0n) is 14.8. The summed E-state index contributed by atoms with van der Waals surface area (Å²) in [5.41, 5.74) is 0.352. The molecule has 0 aromatic rings. The Labute approximate surface area is 144 Å². The van der Waals surface area contributed by atoms with Crippen LogP contribution in [0.5, 0.6) is 0 Å². The van der Waals surface area contributed by atoms with Crippen LogP contribution in [0.3, 0.4) is 0 Å². The van der Waals surface area contributed by atoms with Crippen molar-refractivity contribution in [2.75, 3.05) is 0 Å². The Balaban J connectivity index is 0. The highest BCUT2D eigenvalue weighted by atomic mass is 16.4. The molecule has 0 aliphatic heterocycles. The summed E-state index contributed by atoms with van der Waals surface area (Å²) in [7, 11) is 0. The Morgan fingerprint density at radius 2 is 0.875 bits per heavy atom. The summed E-state index contributed by atoms with van der Waals surface area (Å²) in [5.74, 6) is -1.87. The van der Waals surface area contributed by atoms with Crippen LogP contribution in [-0.2, 0) is 9.59 Å². The summed E-state index contributed by atoms with van der Waals surface area (Å²) in [6, 6.07) is 0. The average Bonchev–Trinajstić information content (AvgIpc) is 2.49. The Bertz CT molecular complexity index is 328. The van der Waals surface area contributed by atoms with Crippen molar-refractivity contribution in [1.82, 2.24) is 0 Å². The van der Waals surface area contributed by atoms with Crippen molar-refractivity contribution >= 4 is 11.9 Å². The third kappa shape index (κ3) is 18.4. The van der Waals surface area contributed by atoms with E-state index < -0.39 is 11.9 Å². The average molecular weight is 344 g/mol. The molecule has 1 aliphatic carbocycles. The van der Waals surface area contributed by atoms with Gasteiger partial charge in [-0.1, -0.05) is 38.8 Å². The summed E-state index contributed by atoms with van der Waals surface area (Å²) >= 11 is 0. The maximum atomic E-state index is 9.60. The fourth-order valence-electron chi connectivity index (χ4n) is 1.81. The lowest BCUT2D eigenvalue weighted by Crippen LogP contribution is -2.12. The number of carbonyl (C=O) groups is 2. The van der Waals surface area contributed by atoms with E-state index in [1.807, 2.05) is 0 Å². The van der Waals surface area contributed by atoms with Crippen molar-refractivity contribution in [2.45, 2.75) is 77.4 Å². The molecule has 0 radical (unpaired) electrons. The van der Waals surface area contributed by atoms with Gasteiger partial charge in [-0.15, -0.1) is 0 Å². The van der Waals surface area contributed by atoms with E-state index in [-0.39, 0.29) is 23.4 Å². The van der Waals surface area contributed by atoms with Crippen LogP contribution in [0.1, 0.15) is 65.2 Å². The standard InChI is InChI=1S/C10H20O2.2C4H6O2/c11-9-5-1-2-6-10(12)8-4-3-7-9;2*1-3(2)4(5)6/h9-12H,1-8H2;2*1H2,2H3,(H,5,6). The van der Waals surface area contributed by atoms with Gasteiger partial charge in [-0.3, -0.25) is 0 Å². The van der Waals surface area contributed by atoms with E-state index in [1.54, 1.807) is 0 Å². The van der Waals surface area contributed by atoms with E-state index in [1.165, 1.54) is 13.8 Å². The first-order chi connectivity index (χ1) is 11.1. The lowest BCUT2D eigenvalue weighted by molar-refractivity contribution is -0.133. The van der Waals surface area contributed by atoms with Crippen molar-refractivity contribution in [3.05, 3.63) is 24.3 Å². The first kappa shape index (κ1) is 24.6. The zero-order valence-corrected chi connectivity index (χ0v) is 14.8. The molecule has 1 aliphatic rings. The summed E-state index contributed by atoms with van der Waals surface area (Å²) in [6.07, 6.45) is 7.80. The van der Waals surface area contributed by atoms with Crippen molar-refractivity contribution in [2.24, 2.45) is 0 Å². The molecule has 0 spiro atoms. The Kier molecular flexibility index (Phi) is 15.3. The minimum Gasteiger partial charge on any atom is -0.478 e. The van der Waals surface area contributed by atoms with Crippen molar-refractivity contribution in [1.29, 1.82) is 0 Å². The molecule has 0 unspecified atom stereocenters. The monoisotopic (exact) mass is 344 g/mol. The number of aliphatic carboxylic acids is 2. The molecule has 6 heteroatoms. The van der Waals surface area contributed by atoms with E-state index in [0.29, 0.717) is 0 Å². The zero-order chi connectivity index (χ0) is 19.1. The molecule has 0 bridgehead atoms. The molecule has 0 saturated heterocycles. The van der Waals surface area contributed by atoms with Crippen LogP contribution in [0.25, 0.3) is 0 Å². The topological polar surface area (TPSA) is 115 Å². The molecule has 0 atom stereocenters. The van der Waals surface area contributed by atoms with Gasteiger partial charge in [0, 0.05) is 11.1 Å². The van der Waals surface area contributed by atoms with Crippen LogP contribution < -0.4 is 0 Å². The second kappa shape index (κ2) is 14.9. The molecule has 0 aromatic heterocycles. The number of aliphatic hydroxyl groups is 2. The number of carboxylic acid groups (broad SMARTS) is 2. The summed E-state index contributed by atoms with van der Waals surface area (Å²) < 4.78 is 0. The van der Waals surface area contributed by atoms with Crippen LogP contribution in [0.15, 0.2) is 24.3 Å². The van der Waals surface area contributed by atoms with Crippen molar-refractivity contribution < 1.29 is 30.0 Å². The van der Waals surface area contributed by atoms with Gasteiger partial charge in [0.25, 0.3) is 0 Å². The Morgan fingerprint density at radius 1 is 0.708 bits per heavy atom. The number of carboxylic acids is 2. The minimum absolute atomic E-state index is 0.0831. The predicted molar refractivity (Wildman–Crippen MR) is 93.8 cm³/mol. The van der Waals surface area contributed by atoms with Gasteiger partial charge in [0.05, 0.1) is 12.2 Å². The van der Waals surface area contributed by atoms with Crippen molar-refractivity contribution in [3.63, 3.8) is 0 Å². The second-order valence-corrected chi connectivity index (χ2v) is 6.05. The molecule has 0 aromatic carbocycles. The molecule has 24 heavy (non-hydrogen) atoms. The summed E-state index contributed by atoms with van der Waals surface area (Å²) in [5, 5.41) is 34.7. The lowest BCUT2D eigenvalue weighted by atomic mass is 9.98. The number of aliphatic hydroxyl groups excluding tert-OH is 2. The summed E-state index contributed by atoms with van der Waals surface area (Å²) in [6.45, 7) is 9.20. The van der Waals surface area contributed by atoms with Gasteiger partial charge < -0.3 is 20.4 Å². The minimum atomic E-state index is -0.935. The van der Waals surface area contributed by atoms with Gasteiger partial charge in [-0.2, -0.15) is 0 Å². The van der Waals surface area contributed by atoms with Crippen molar-refractivity contribution in [3.8, 4) is 0 Å². The normalized spacial score (nSPS) is 21.0. The third-order valence-electron chi connectivity index (χ3n) is 3.38. The van der Waals surface area contributed by atoms with E-state index in [0.717, 1.165) is 51.4 Å². The smallest absolute Gasteiger partial charge is 0.330 e. The maximum Gasteiger partial charge on any atom is 0.330 e. The van der Waals surface area contributed by atoms with Crippen LogP contribution in [0.4, 0.5) is 0 Å². The molecular formula is C18H32O6. The van der Waals surface area contributed by atoms with Crippen LogP contribution in [0.2, 0.25) is 0 Å². The molecule has 140 valence electrons. The number of hydrogen-bond acceptors (Lipinski definition) is 4. The highest BCUT2D eigenvalue weighted by Crippen LogP contribution is 2.16. The van der Waals surface area contributed by atoms with Gasteiger partial charge >= 0.3 is 11.9 Å². The van der Waals surface area contributed by atoms with E-state index in [2.05, 4.69) is 13.2 Å². The van der Waals surface area contributed by atoms with Gasteiger partial charge in [0.2, 0.25) is 0 Å². The Morgan fingerprint density at radius 3 is 1.00 bits per heavy atom. The second-order valence-electron chi connectivity index (χ2n) is 6.05. The number of rotatable bonds is 2. The summed E-state index contributed by atoms with van der Waals surface area (Å²) in [4.78, 5) is 19.2. The molecule has 0 heterocycles.